The fourth-order valence-corrected chi connectivity index (χ4v) is 8.48. The van der Waals surface area contributed by atoms with Crippen LogP contribution < -0.4 is 0 Å². The first-order chi connectivity index (χ1) is 13.8. The molecule has 0 aromatic heterocycles. The van der Waals surface area contributed by atoms with Gasteiger partial charge in [-0.05, 0) is 117 Å². The van der Waals surface area contributed by atoms with E-state index < -0.39 is 12.5 Å². The van der Waals surface area contributed by atoms with E-state index in [0.29, 0.717) is 42.9 Å². The summed E-state index contributed by atoms with van der Waals surface area (Å²) >= 11 is 0. The van der Waals surface area contributed by atoms with Crippen LogP contribution in [0.5, 0.6) is 0 Å². The Labute approximate surface area is 171 Å². The number of hydrogen-bond donors (Lipinski definition) is 1. The van der Waals surface area contributed by atoms with Gasteiger partial charge in [-0.25, -0.2) is 0 Å². The van der Waals surface area contributed by atoms with Gasteiger partial charge in [-0.15, -0.1) is 0 Å². The summed E-state index contributed by atoms with van der Waals surface area (Å²) in [6, 6.07) is 0. The molecule has 9 atom stereocenters. The zero-order valence-electron chi connectivity index (χ0n) is 20.9. The number of carbonyl (C=O) groups is 1. The summed E-state index contributed by atoms with van der Waals surface area (Å²) in [5, 5.41) is 10.4. The number of fused-ring (bicyclic) bond motifs is 5. The maximum absolute atomic E-state index is 11.8. The van der Waals surface area contributed by atoms with Crippen molar-refractivity contribution in [1.29, 1.82) is 0 Å². The molecule has 2 heteroatoms. The highest BCUT2D eigenvalue weighted by Crippen LogP contribution is 2.68. The summed E-state index contributed by atoms with van der Waals surface area (Å²) in [7, 11) is 0. The third-order valence-corrected chi connectivity index (χ3v) is 9.93. The third-order valence-electron chi connectivity index (χ3n) is 9.93. The van der Waals surface area contributed by atoms with E-state index in [1.54, 1.807) is 0 Å². The Kier molecular flexibility index (Phi) is 4.35. The van der Waals surface area contributed by atoms with Crippen LogP contribution in [0.4, 0.5) is 0 Å². The number of carbonyl (C=O) groups excluding carboxylic acids is 1. The van der Waals surface area contributed by atoms with E-state index in [1.165, 1.54) is 39.0 Å². The molecule has 1 N–H and O–H groups in total. The Bertz CT molecular complexity index is 692. The second-order valence-electron chi connectivity index (χ2n) is 11.1. The van der Waals surface area contributed by atoms with Gasteiger partial charge in [-0.3, -0.25) is 0 Å². The SMILES string of the molecule is [2H]C([2H])(C[C@@H](C)[C@H]1CC[C@H]2[C@@H]3CC[C@@H]4C[C@@]([2H])(O)CC[C@]4(C)[C@H]3CC[C@]12C)C(C)=O. The standard InChI is InChI=1S/C25H42O2/c1-16(5-6-17(2)26)21-9-10-22-20-8-7-18-15-19(27)11-13-24(18,3)23(20)12-14-25(21,22)4/h16,18-23,27H,5-15H2,1-4H3/t16-,18-,19+,20+,21-,22+,23+,24+,25-/m1/s1/i6D2,19D. The van der Waals surface area contributed by atoms with Crippen LogP contribution in [-0.4, -0.2) is 17.0 Å². The number of Topliss-reactive ketones (excluding diaryl/α,β-unsaturated/α-hetero) is 1. The van der Waals surface area contributed by atoms with Crippen molar-refractivity contribution in [1.82, 2.24) is 0 Å². The van der Waals surface area contributed by atoms with Crippen molar-refractivity contribution in [3.8, 4) is 0 Å². The first-order valence-corrected chi connectivity index (χ1v) is 11.5. The summed E-state index contributed by atoms with van der Waals surface area (Å²) in [5.41, 5.74) is 0.537. The summed E-state index contributed by atoms with van der Waals surface area (Å²) in [6.07, 6.45) is 6.94. The molecule has 0 saturated heterocycles. The minimum absolute atomic E-state index is 0.232. The van der Waals surface area contributed by atoms with Crippen molar-refractivity contribution >= 4 is 5.78 Å². The lowest BCUT2D eigenvalue weighted by atomic mass is 9.44. The average Bonchev–Trinajstić information content (AvgIpc) is 2.99. The van der Waals surface area contributed by atoms with Gasteiger partial charge in [0.2, 0.25) is 0 Å². The molecule has 154 valence electrons. The van der Waals surface area contributed by atoms with Crippen molar-refractivity contribution in [2.75, 3.05) is 0 Å². The Hall–Kier alpha value is -0.370. The van der Waals surface area contributed by atoms with E-state index in [2.05, 4.69) is 20.8 Å². The zero-order chi connectivity index (χ0) is 22.1. The topological polar surface area (TPSA) is 37.3 Å². The van der Waals surface area contributed by atoms with E-state index >= 15 is 0 Å². The molecule has 27 heavy (non-hydrogen) atoms. The summed E-state index contributed by atoms with van der Waals surface area (Å²) in [6.45, 7) is 8.50. The number of aliphatic hydroxyl groups is 1. The Morgan fingerprint density at radius 1 is 1.11 bits per heavy atom. The van der Waals surface area contributed by atoms with Crippen molar-refractivity contribution in [3.63, 3.8) is 0 Å². The second-order valence-corrected chi connectivity index (χ2v) is 11.1. The van der Waals surface area contributed by atoms with Gasteiger partial charge in [0.05, 0.1) is 7.45 Å². The molecule has 4 fully saturated rings. The maximum atomic E-state index is 11.8. The first kappa shape index (κ1) is 16.4. The highest BCUT2D eigenvalue weighted by atomic mass is 16.3. The lowest BCUT2D eigenvalue weighted by Gasteiger charge is -2.61. The van der Waals surface area contributed by atoms with Crippen LogP contribution in [-0.2, 0) is 4.79 Å². The Balaban J connectivity index is 1.52. The Morgan fingerprint density at radius 3 is 2.56 bits per heavy atom. The van der Waals surface area contributed by atoms with Gasteiger partial charge in [0, 0.05) is 9.11 Å². The fourth-order valence-electron chi connectivity index (χ4n) is 8.48. The molecule has 0 unspecified atom stereocenters. The van der Waals surface area contributed by atoms with Crippen LogP contribution >= 0.6 is 0 Å². The van der Waals surface area contributed by atoms with Gasteiger partial charge in [-0.1, -0.05) is 20.8 Å². The average molecular weight is 378 g/mol. The molecule has 0 aromatic carbocycles. The van der Waals surface area contributed by atoms with E-state index in [4.69, 9.17) is 4.11 Å². The van der Waals surface area contributed by atoms with Crippen LogP contribution in [0.25, 0.3) is 0 Å². The van der Waals surface area contributed by atoms with Gasteiger partial charge in [0.15, 0.2) is 0 Å². The van der Waals surface area contributed by atoms with E-state index in [0.717, 1.165) is 18.8 Å². The minimum Gasteiger partial charge on any atom is -0.393 e. The monoisotopic (exact) mass is 377 g/mol. The number of ketones is 1. The molecule has 4 aliphatic rings. The van der Waals surface area contributed by atoms with Crippen molar-refractivity contribution in [2.24, 2.45) is 46.3 Å². The van der Waals surface area contributed by atoms with E-state index in [9.17, 15) is 9.90 Å². The third kappa shape index (κ3) is 3.22. The minimum atomic E-state index is -1.70. The normalized spacial score (nSPS) is 55.3. The van der Waals surface area contributed by atoms with Crippen LogP contribution in [0, 0.1) is 46.3 Å². The second kappa shape index (κ2) is 7.15. The van der Waals surface area contributed by atoms with Crippen molar-refractivity contribution in [2.45, 2.75) is 104 Å². The molecular weight excluding hydrogens is 332 g/mol. The van der Waals surface area contributed by atoms with Crippen LogP contribution in [0.1, 0.15) is 102 Å². The molecule has 0 aromatic rings. The predicted octanol–water partition coefficient (Wildman–Crippen LogP) is 6.01. The maximum Gasteiger partial charge on any atom is 0.129 e. The highest BCUT2D eigenvalue weighted by molar-refractivity contribution is 5.75. The van der Waals surface area contributed by atoms with Crippen LogP contribution in [0.3, 0.4) is 0 Å². The van der Waals surface area contributed by atoms with Crippen LogP contribution in [0.2, 0.25) is 0 Å². The van der Waals surface area contributed by atoms with Gasteiger partial charge in [0.25, 0.3) is 0 Å². The quantitative estimate of drug-likeness (QED) is 0.651. The van der Waals surface area contributed by atoms with Crippen molar-refractivity contribution < 1.29 is 14.0 Å². The lowest BCUT2D eigenvalue weighted by Crippen LogP contribution is -2.54. The van der Waals surface area contributed by atoms with E-state index in [-0.39, 0.29) is 22.5 Å². The highest BCUT2D eigenvalue weighted by Gasteiger charge is 2.60. The summed E-state index contributed by atoms with van der Waals surface area (Å²) in [5.74, 6) is 3.05. The molecule has 0 radical (unpaired) electrons. The summed E-state index contributed by atoms with van der Waals surface area (Å²) < 4.78 is 24.5. The zero-order valence-corrected chi connectivity index (χ0v) is 17.9. The lowest BCUT2D eigenvalue weighted by molar-refractivity contribution is -0.129. The Morgan fingerprint density at radius 2 is 1.81 bits per heavy atom. The van der Waals surface area contributed by atoms with Crippen molar-refractivity contribution in [3.05, 3.63) is 0 Å². The van der Waals surface area contributed by atoms with Crippen LogP contribution in [0.15, 0.2) is 0 Å². The number of hydrogen-bond acceptors (Lipinski definition) is 2. The van der Waals surface area contributed by atoms with E-state index in [1.807, 2.05) is 0 Å². The first-order valence-electron chi connectivity index (χ1n) is 13.0. The molecule has 0 spiro atoms. The summed E-state index contributed by atoms with van der Waals surface area (Å²) in [4.78, 5) is 11.8. The largest absolute Gasteiger partial charge is 0.393 e. The molecular formula is C25H42O2. The molecule has 4 rings (SSSR count). The number of rotatable bonds is 4. The molecule has 4 saturated carbocycles. The molecule has 0 heterocycles. The van der Waals surface area contributed by atoms with Gasteiger partial charge in [-0.2, -0.15) is 0 Å². The molecule has 4 aliphatic carbocycles. The van der Waals surface area contributed by atoms with Gasteiger partial charge in [0.1, 0.15) is 5.78 Å². The van der Waals surface area contributed by atoms with Gasteiger partial charge >= 0.3 is 0 Å². The smallest absolute Gasteiger partial charge is 0.129 e. The predicted molar refractivity (Wildman–Crippen MR) is 110 cm³/mol. The molecule has 0 aliphatic heterocycles. The molecule has 2 nitrogen and oxygen atoms in total. The fraction of sp³-hybridized carbons (Fsp3) is 0.960. The molecule has 0 bridgehead atoms. The van der Waals surface area contributed by atoms with Gasteiger partial charge < -0.3 is 9.90 Å². The molecule has 0 amide bonds.